The number of carboxylic acids is 2. The molecule has 9 N–H and O–H groups in total. The van der Waals surface area contributed by atoms with Crippen LogP contribution in [0.25, 0.3) is 0 Å². The van der Waals surface area contributed by atoms with Crippen molar-refractivity contribution in [2.75, 3.05) is 14.2 Å². The van der Waals surface area contributed by atoms with Crippen molar-refractivity contribution in [2.45, 2.75) is 122 Å². The summed E-state index contributed by atoms with van der Waals surface area (Å²) in [5, 5.41) is 45.0. The molecule has 0 unspecified atom stereocenters. The predicted octanol–water partition coefficient (Wildman–Crippen LogP) is 1.18. The van der Waals surface area contributed by atoms with Gasteiger partial charge in [0, 0.05) is 32.9 Å². The summed E-state index contributed by atoms with van der Waals surface area (Å²) in [5.41, 5.74) is 1.87. The van der Waals surface area contributed by atoms with Crippen molar-refractivity contribution in [2.24, 2.45) is 17.8 Å². The Morgan fingerprint density at radius 2 is 1.46 bits per heavy atom. The molecule has 1 saturated heterocycles. The van der Waals surface area contributed by atoms with Crippen LogP contribution in [-0.2, 0) is 54.3 Å². The molecule has 376 valence electrons. The summed E-state index contributed by atoms with van der Waals surface area (Å²) in [6.07, 6.45) is 8.47. The van der Waals surface area contributed by atoms with Crippen molar-refractivity contribution in [1.29, 1.82) is 0 Å². The number of nitrogens with zero attached hydrogens (tertiary/aromatic N) is 1. The number of rotatable bonds is 11. The summed E-state index contributed by atoms with van der Waals surface area (Å²) >= 11 is 0. The Bertz CT molecular complexity index is 2210. The first-order valence-electron chi connectivity index (χ1n) is 22.7. The second kappa shape index (κ2) is 26.6. The minimum atomic E-state index is -1.89. The van der Waals surface area contributed by atoms with E-state index in [4.69, 9.17) is 4.74 Å². The number of aliphatic carboxylic acids is 2. The highest BCUT2D eigenvalue weighted by atomic mass is 16.5. The van der Waals surface area contributed by atoms with Gasteiger partial charge in [0.15, 0.2) is 0 Å². The largest absolute Gasteiger partial charge is 0.480 e. The summed E-state index contributed by atoms with van der Waals surface area (Å²) in [4.78, 5) is 121. The lowest BCUT2D eigenvalue weighted by molar-refractivity contribution is -0.146. The van der Waals surface area contributed by atoms with Crippen LogP contribution in [0.5, 0.6) is 0 Å². The SMILES string of the molecule is C=C1C(=O)N[C@H](C)C(=O)N[C@@H](CC2=CC[C@@H](O)C=C2)C(=O)N[C@@H](C(=O)O)[C@H](C)C(=O)N[C@@H](C)C(=O)N[C@@H](/C=C/C(C)=C/[C@H](C)[C@H](Cc2ccccc2)OC)[C@H](C)C(=O)N[C@@H](C(=O)O)CCC(=O)N1C. The van der Waals surface area contributed by atoms with Gasteiger partial charge in [0.05, 0.1) is 30.1 Å². The van der Waals surface area contributed by atoms with Gasteiger partial charge in [0.25, 0.3) is 5.91 Å². The van der Waals surface area contributed by atoms with Gasteiger partial charge in [-0.25, -0.2) is 9.59 Å². The average molecular weight is 962 g/mol. The topological polar surface area (TPSA) is 299 Å². The summed E-state index contributed by atoms with van der Waals surface area (Å²) in [6.45, 7) is 12.6. The molecule has 1 heterocycles. The molecule has 69 heavy (non-hydrogen) atoms. The van der Waals surface area contributed by atoms with Gasteiger partial charge in [0.2, 0.25) is 35.4 Å². The fraction of sp³-hybridized carbons (Fsp3) is 0.490. The third kappa shape index (κ3) is 17.3. The molecule has 1 aromatic carbocycles. The van der Waals surface area contributed by atoms with Gasteiger partial charge in [-0.1, -0.05) is 99.7 Å². The second-order valence-corrected chi connectivity index (χ2v) is 17.5. The van der Waals surface area contributed by atoms with Gasteiger partial charge in [-0.2, -0.15) is 0 Å². The molecule has 20 nitrogen and oxygen atoms in total. The fourth-order valence-corrected chi connectivity index (χ4v) is 7.36. The molecule has 0 saturated carbocycles. The van der Waals surface area contributed by atoms with Crippen LogP contribution in [0.15, 0.2) is 90.2 Å². The van der Waals surface area contributed by atoms with Gasteiger partial charge in [-0.15, -0.1) is 0 Å². The zero-order valence-electron chi connectivity index (χ0n) is 40.3. The minimum absolute atomic E-state index is 0.100. The average Bonchev–Trinajstić information content (AvgIpc) is 3.31. The zero-order valence-corrected chi connectivity index (χ0v) is 40.3. The number of allylic oxidation sites excluding steroid dienone is 3. The highest BCUT2D eigenvalue weighted by molar-refractivity contribution is 6.00. The van der Waals surface area contributed by atoms with Crippen LogP contribution in [0.2, 0.25) is 0 Å². The Labute approximate surface area is 402 Å². The Morgan fingerprint density at radius 3 is 2.06 bits per heavy atom. The summed E-state index contributed by atoms with van der Waals surface area (Å²) in [7, 11) is 2.82. The van der Waals surface area contributed by atoms with Crippen LogP contribution in [-0.4, -0.2) is 136 Å². The van der Waals surface area contributed by atoms with E-state index in [1.807, 2.05) is 43.3 Å². The maximum Gasteiger partial charge on any atom is 0.327 e. The van der Waals surface area contributed by atoms with Crippen molar-refractivity contribution in [3.8, 4) is 0 Å². The molecular formula is C49H67N7O13. The van der Waals surface area contributed by atoms with E-state index in [0.717, 1.165) is 16.0 Å². The molecule has 0 spiro atoms. The summed E-state index contributed by atoms with van der Waals surface area (Å²) in [6, 6.07) is 0.951. The lowest BCUT2D eigenvalue weighted by Crippen LogP contribution is -2.58. The van der Waals surface area contributed by atoms with Gasteiger partial charge in [-0.3, -0.25) is 33.6 Å². The predicted molar refractivity (Wildman–Crippen MR) is 253 cm³/mol. The Balaban J connectivity index is 2.02. The minimum Gasteiger partial charge on any atom is -0.480 e. The standard InChI is InChI=1S/C49H67N7O13/c1-26(23-27(2)39(69-9)25-33-13-11-10-12-14-33)15-20-36-28(3)42(59)53-37(48(65)66)21-22-40(58)56(8)32(7)46(63)51-31(6)45(62)54-38(24-34-16-18-35(57)19-17-34)47(64)55-41(49(67)68)29(4)43(60)50-30(5)44(61)52-36/h10-18,20,23,27-31,35-39,41,57H,7,19,21-22,24-25H2,1-6,8-9H3,(H,50,60)(H,51,63)(H,52,61)(H,53,59)(H,54,62)(H,55,64)(H,65,66)(H,67,68)/b20-15+,26-23+/t27-,28-,29-,30-,31+,35-,36-,37+,38-,39-,41+/m0/s1. The van der Waals surface area contributed by atoms with Gasteiger partial charge < -0.3 is 56.9 Å². The van der Waals surface area contributed by atoms with E-state index in [0.29, 0.717) is 12.0 Å². The highest BCUT2D eigenvalue weighted by Gasteiger charge is 2.37. The number of amides is 7. The quantitative estimate of drug-likeness (QED) is 0.111. The third-order valence-corrected chi connectivity index (χ3v) is 12.0. The first-order chi connectivity index (χ1) is 32.4. The molecule has 0 radical (unpaired) electrons. The van der Waals surface area contributed by atoms with Crippen molar-refractivity contribution in [3.05, 3.63) is 95.8 Å². The summed E-state index contributed by atoms with van der Waals surface area (Å²) < 4.78 is 5.79. The maximum atomic E-state index is 13.9. The number of ether oxygens (including phenoxy) is 1. The lowest BCUT2D eigenvalue weighted by atomic mass is 9.94. The van der Waals surface area contributed by atoms with E-state index in [9.17, 15) is 58.5 Å². The van der Waals surface area contributed by atoms with Crippen LogP contribution in [0.4, 0.5) is 0 Å². The number of aliphatic hydroxyl groups excluding tert-OH is 1. The fourth-order valence-electron chi connectivity index (χ4n) is 7.36. The molecule has 11 atom stereocenters. The number of carboxylic acid groups (broad SMARTS) is 2. The molecular weight excluding hydrogens is 895 g/mol. The second-order valence-electron chi connectivity index (χ2n) is 17.5. The van der Waals surface area contributed by atoms with E-state index < -0.39 is 126 Å². The van der Waals surface area contributed by atoms with Crippen molar-refractivity contribution in [1.82, 2.24) is 36.8 Å². The monoisotopic (exact) mass is 961 g/mol. The van der Waals surface area contributed by atoms with Crippen molar-refractivity contribution < 1.29 is 63.2 Å². The number of benzene rings is 1. The van der Waals surface area contributed by atoms with Crippen LogP contribution >= 0.6 is 0 Å². The Hall–Kier alpha value is -6.93. The first kappa shape index (κ1) is 56.4. The molecule has 0 aromatic heterocycles. The van der Waals surface area contributed by atoms with Crippen LogP contribution < -0.4 is 31.9 Å². The Kier molecular flexibility index (Phi) is 21.7. The van der Waals surface area contributed by atoms with Gasteiger partial charge >= 0.3 is 11.9 Å². The summed E-state index contributed by atoms with van der Waals surface area (Å²) in [5.74, 6) is -12.1. The number of carbonyl (C=O) groups is 9. The number of hydrogen-bond acceptors (Lipinski definition) is 11. The number of methoxy groups -OCH3 is 1. The van der Waals surface area contributed by atoms with E-state index in [1.165, 1.54) is 53.0 Å². The van der Waals surface area contributed by atoms with Crippen LogP contribution in [0.1, 0.15) is 72.8 Å². The molecule has 1 aromatic rings. The number of carbonyl (C=O) groups excluding carboxylic acids is 7. The third-order valence-electron chi connectivity index (χ3n) is 12.0. The normalized spacial score (nSPS) is 27.8. The number of aliphatic hydroxyl groups is 1. The Morgan fingerprint density at radius 1 is 0.841 bits per heavy atom. The molecule has 1 aliphatic carbocycles. The molecule has 1 fully saturated rings. The number of hydrogen-bond donors (Lipinski definition) is 9. The lowest BCUT2D eigenvalue weighted by Gasteiger charge is -2.27. The molecule has 1 aliphatic heterocycles. The number of nitrogens with one attached hydrogen (secondary N) is 6. The highest BCUT2D eigenvalue weighted by Crippen LogP contribution is 2.20. The smallest absolute Gasteiger partial charge is 0.327 e. The number of likely N-dealkylation sites (N-methyl/N-ethyl adjacent to an activating group) is 1. The molecule has 7 amide bonds. The van der Waals surface area contributed by atoms with Crippen molar-refractivity contribution >= 4 is 53.3 Å². The van der Waals surface area contributed by atoms with Gasteiger partial charge in [0.1, 0.15) is 35.9 Å². The van der Waals surface area contributed by atoms with Gasteiger partial charge in [-0.05, 0) is 51.2 Å². The van der Waals surface area contributed by atoms with E-state index in [1.54, 1.807) is 26.2 Å². The van der Waals surface area contributed by atoms with E-state index in [2.05, 4.69) is 38.5 Å². The van der Waals surface area contributed by atoms with Crippen LogP contribution in [0, 0.1) is 17.8 Å². The molecule has 20 heteroatoms. The van der Waals surface area contributed by atoms with Crippen molar-refractivity contribution in [3.63, 3.8) is 0 Å². The molecule has 0 bridgehead atoms. The van der Waals surface area contributed by atoms with E-state index in [-0.39, 0.29) is 24.9 Å². The molecule has 2 aliphatic rings. The van der Waals surface area contributed by atoms with E-state index >= 15 is 0 Å². The molecule has 3 rings (SSSR count). The maximum absolute atomic E-state index is 13.9. The first-order valence-corrected chi connectivity index (χ1v) is 22.7. The zero-order chi connectivity index (χ0) is 51.7. The van der Waals surface area contributed by atoms with Crippen LogP contribution in [0.3, 0.4) is 0 Å².